The summed E-state index contributed by atoms with van der Waals surface area (Å²) >= 11 is 0. The number of nitrogens with one attached hydrogen (secondary N) is 1. The summed E-state index contributed by atoms with van der Waals surface area (Å²) in [7, 11) is 0. The van der Waals surface area contributed by atoms with E-state index in [4.69, 9.17) is 10.5 Å². The minimum atomic E-state index is -0.551. The summed E-state index contributed by atoms with van der Waals surface area (Å²) in [6, 6.07) is 0. The molecule has 0 aromatic carbocycles. The van der Waals surface area contributed by atoms with E-state index >= 15 is 0 Å². The Morgan fingerprint density at radius 1 is 1.27 bits per heavy atom. The maximum Gasteiger partial charge on any atom is 0.254 e. The fourth-order valence-electron chi connectivity index (χ4n) is 4.17. The van der Waals surface area contributed by atoms with Gasteiger partial charge in [0, 0.05) is 44.0 Å². The van der Waals surface area contributed by atoms with E-state index < -0.39 is 5.91 Å². The van der Waals surface area contributed by atoms with Crippen molar-refractivity contribution in [3.63, 3.8) is 0 Å². The summed E-state index contributed by atoms with van der Waals surface area (Å²) in [6.45, 7) is 11.5. The van der Waals surface area contributed by atoms with Crippen molar-refractivity contribution < 1.29 is 14.3 Å². The van der Waals surface area contributed by atoms with E-state index in [0.717, 1.165) is 43.0 Å². The summed E-state index contributed by atoms with van der Waals surface area (Å²) in [5, 5.41) is 7.23. The van der Waals surface area contributed by atoms with Gasteiger partial charge in [-0.15, -0.1) is 0 Å². The zero-order valence-corrected chi connectivity index (χ0v) is 18.3. The number of hydrogen-bond donors (Lipinski definition) is 2. The molecule has 30 heavy (non-hydrogen) atoms. The first-order valence-corrected chi connectivity index (χ1v) is 10.5. The molecule has 0 saturated carbocycles. The van der Waals surface area contributed by atoms with E-state index in [1.807, 2.05) is 13.8 Å². The maximum absolute atomic E-state index is 12.3. The second-order valence-corrected chi connectivity index (χ2v) is 8.14. The Bertz CT molecular complexity index is 915. The molecule has 3 heterocycles. The summed E-state index contributed by atoms with van der Waals surface area (Å²) in [5.41, 5.74) is 8.76. The van der Waals surface area contributed by atoms with Crippen molar-refractivity contribution in [2.45, 2.75) is 59.2 Å². The van der Waals surface area contributed by atoms with E-state index in [1.54, 1.807) is 4.52 Å². The number of morpholine rings is 1. The molecule has 2 aromatic rings. The number of aryl methyl sites for hydroxylation is 2. The van der Waals surface area contributed by atoms with Crippen molar-refractivity contribution >= 4 is 17.5 Å². The van der Waals surface area contributed by atoms with E-state index in [1.165, 1.54) is 6.20 Å². The Labute approximate surface area is 177 Å². The first kappa shape index (κ1) is 22.2. The highest BCUT2D eigenvalue weighted by molar-refractivity contribution is 5.98. The fourth-order valence-corrected chi connectivity index (χ4v) is 4.17. The molecule has 2 unspecified atom stereocenters. The molecule has 0 spiro atoms. The molecule has 2 aromatic heterocycles. The van der Waals surface area contributed by atoms with Crippen LogP contribution in [-0.2, 0) is 16.0 Å². The van der Waals surface area contributed by atoms with Gasteiger partial charge in [-0.2, -0.15) is 5.10 Å². The van der Waals surface area contributed by atoms with Gasteiger partial charge in [0.05, 0.1) is 18.4 Å². The summed E-state index contributed by atoms with van der Waals surface area (Å²) in [4.78, 5) is 30.7. The molecule has 9 nitrogen and oxygen atoms in total. The maximum atomic E-state index is 12.3. The van der Waals surface area contributed by atoms with Crippen molar-refractivity contribution in [1.82, 2.24) is 24.8 Å². The van der Waals surface area contributed by atoms with Crippen LogP contribution >= 0.6 is 0 Å². The lowest BCUT2D eigenvalue weighted by Crippen LogP contribution is -2.46. The highest BCUT2D eigenvalue weighted by Crippen LogP contribution is 2.18. The zero-order chi connectivity index (χ0) is 21.8. The summed E-state index contributed by atoms with van der Waals surface area (Å²) < 4.78 is 7.36. The average molecular weight is 417 g/mol. The first-order chi connectivity index (χ1) is 14.3. The second-order valence-electron chi connectivity index (χ2n) is 8.14. The van der Waals surface area contributed by atoms with E-state index in [9.17, 15) is 9.59 Å². The van der Waals surface area contributed by atoms with Crippen LogP contribution in [0.5, 0.6) is 0 Å². The number of carbonyl (C=O) groups is 2. The molecule has 1 fully saturated rings. The smallest absolute Gasteiger partial charge is 0.254 e. The van der Waals surface area contributed by atoms with Crippen LogP contribution < -0.4 is 11.1 Å². The van der Waals surface area contributed by atoms with Crippen molar-refractivity contribution in [2.24, 2.45) is 5.73 Å². The summed E-state index contributed by atoms with van der Waals surface area (Å²) in [6.07, 6.45) is 3.81. The number of nitrogens with zero attached hydrogens (tertiary/aromatic N) is 4. The zero-order valence-electron chi connectivity index (χ0n) is 18.3. The molecule has 0 aliphatic carbocycles. The van der Waals surface area contributed by atoms with Gasteiger partial charge in [0.1, 0.15) is 5.56 Å². The number of ether oxygens (including phenoxy) is 1. The van der Waals surface area contributed by atoms with Crippen LogP contribution in [-0.4, -0.2) is 69.7 Å². The van der Waals surface area contributed by atoms with Gasteiger partial charge in [0.15, 0.2) is 5.65 Å². The molecule has 3 N–H and O–H groups in total. The largest absolute Gasteiger partial charge is 0.373 e. The fraction of sp³-hybridized carbons (Fsp3) is 0.619. The van der Waals surface area contributed by atoms with Gasteiger partial charge in [-0.05, 0) is 46.1 Å². The van der Waals surface area contributed by atoms with Crippen LogP contribution in [0.25, 0.3) is 5.65 Å². The lowest BCUT2D eigenvalue weighted by molar-refractivity contribution is -0.121. The molecule has 0 radical (unpaired) electrons. The molecule has 1 aliphatic heterocycles. The van der Waals surface area contributed by atoms with Gasteiger partial charge in [0.25, 0.3) is 5.91 Å². The number of rotatable bonds is 8. The van der Waals surface area contributed by atoms with Crippen molar-refractivity contribution in [2.75, 3.05) is 26.2 Å². The average Bonchev–Trinajstić information content (AvgIpc) is 3.08. The molecule has 2 amide bonds. The van der Waals surface area contributed by atoms with Crippen LogP contribution in [0.1, 0.15) is 54.0 Å². The minimum Gasteiger partial charge on any atom is -0.373 e. The highest BCUT2D eigenvalue weighted by Gasteiger charge is 2.21. The Kier molecular flexibility index (Phi) is 7.04. The van der Waals surface area contributed by atoms with Crippen molar-refractivity contribution in [3.8, 4) is 0 Å². The topological polar surface area (TPSA) is 115 Å². The molecule has 3 rings (SSSR count). The predicted octanol–water partition coefficient (Wildman–Crippen LogP) is 0.993. The normalized spacial score (nSPS) is 19.9. The van der Waals surface area contributed by atoms with Crippen LogP contribution in [0.4, 0.5) is 0 Å². The van der Waals surface area contributed by atoms with Gasteiger partial charge in [-0.1, -0.05) is 0 Å². The highest BCUT2D eigenvalue weighted by atomic mass is 16.5. The SMILES string of the molecule is Cc1nc2c(C(N)=O)cnn2c(C)c1CCC(=O)NCCCN1CC(C)OC(C)C1. The van der Waals surface area contributed by atoms with Gasteiger partial charge >= 0.3 is 0 Å². The Hall–Kier alpha value is -2.52. The second kappa shape index (κ2) is 9.53. The van der Waals surface area contributed by atoms with Crippen molar-refractivity contribution in [3.05, 3.63) is 28.7 Å². The number of primary amides is 1. The number of aromatic nitrogens is 3. The van der Waals surface area contributed by atoms with Gasteiger partial charge < -0.3 is 15.8 Å². The van der Waals surface area contributed by atoms with Crippen LogP contribution in [0.15, 0.2) is 6.20 Å². The molecule has 1 aliphatic rings. The third-order valence-electron chi connectivity index (χ3n) is 5.54. The van der Waals surface area contributed by atoms with Crippen LogP contribution in [0, 0.1) is 13.8 Å². The Morgan fingerprint density at radius 2 is 1.97 bits per heavy atom. The standard InChI is InChI=1S/C21H32N6O3/c1-13-11-26(12-14(2)30-13)9-5-8-23-19(28)7-6-17-15(3)25-21-18(20(22)29)10-24-27(21)16(17)4/h10,13-14H,5-9,11-12H2,1-4H3,(H2,22,29)(H,23,28). The molecular formula is C21H32N6O3. The van der Waals surface area contributed by atoms with Crippen LogP contribution in [0.2, 0.25) is 0 Å². The molecule has 2 atom stereocenters. The Morgan fingerprint density at radius 3 is 2.63 bits per heavy atom. The van der Waals surface area contributed by atoms with E-state index in [-0.39, 0.29) is 18.1 Å². The van der Waals surface area contributed by atoms with Gasteiger partial charge in [-0.25, -0.2) is 9.50 Å². The third-order valence-corrected chi connectivity index (χ3v) is 5.54. The number of amides is 2. The quantitative estimate of drug-likeness (QED) is 0.620. The number of fused-ring (bicyclic) bond motifs is 1. The summed E-state index contributed by atoms with van der Waals surface area (Å²) in [5.74, 6) is -0.527. The number of carbonyl (C=O) groups excluding carboxylic acids is 2. The van der Waals surface area contributed by atoms with Gasteiger partial charge in [-0.3, -0.25) is 14.5 Å². The lowest BCUT2D eigenvalue weighted by atomic mass is 10.1. The van der Waals surface area contributed by atoms with Crippen molar-refractivity contribution in [1.29, 1.82) is 0 Å². The lowest BCUT2D eigenvalue weighted by Gasteiger charge is -2.35. The van der Waals surface area contributed by atoms with E-state index in [0.29, 0.717) is 30.6 Å². The number of hydrogen-bond acceptors (Lipinski definition) is 6. The Balaban J connectivity index is 1.49. The monoisotopic (exact) mass is 416 g/mol. The van der Waals surface area contributed by atoms with E-state index in [2.05, 4.69) is 34.1 Å². The molecule has 0 bridgehead atoms. The molecule has 164 valence electrons. The van der Waals surface area contributed by atoms with Gasteiger partial charge in [0.2, 0.25) is 5.91 Å². The molecule has 9 heteroatoms. The number of nitrogens with two attached hydrogens (primary N) is 1. The first-order valence-electron chi connectivity index (χ1n) is 10.5. The minimum absolute atomic E-state index is 0.0240. The predicted molar refractivity (Wildman–Crippen MR) is 113 cm³/mol. The third kappa shape index (κ3) is 5.14. The molecule has 1 saturated heterocycles. The van der Waals surface area contributed by atoms with Crippen LogP contribution in [0.3, 0.4) is 0 Å². The molecular weight excluding hydrogens is 384 g/mol.